The third kappa shape index (κ3) is 2.63. The van der Waals surface area contributed by atoms with Crippen LogP contribution in [-0.4, -0.2) is 14.9 Å². The maximum absolute atomic E-state index is 12.0. The van der Waals surface area contributed by atoms with E-state index in [4.69, 9.17) is 0 Å². The lowest BCUT2D eigenvalue weighted by atomic mass is 9.90. The molecule has 3 rings (SSSR count). The Morgan fingerprint density at radius 2 is 1.95 bits per heavy atom. The van der Waals surface area contributed by atoms with Gasteiger partial charge in [0, 0.05) is 17.7 Å². The number of aliphatic hydroxyl groups excluding tert-OH is 1. The van der Waals surface area contributed by atoms with Crippen LogP contribution < -0.4 is 5.56 Å². The number of aliphatic hydroxyl groups is 1. The van der Waals surface area contributed by atoms with Gasteiger partial charge in [0.05, 0.1) is 12.3 Å². The molecule has 1 aromatic carbocycles. The molecule has 0 spiro atoms. The fourth-order valence-corrected chi connectivity index (χ4v) is 2.96. The monoisotopic (exact) mass is 284 g/mol. The molecule has 1 aliphatic carbocycles. The van der Waals surface area contributed by atoms with Crippen molar-refractivity contribution in [3.8, 4) is 11.3 Å². The summed E-state index contributed by atoms with van der Waals surface area (Å²) in [7, 11) is 0. The second-order valence-corrected chi connectivity index (χ2v) is 5.52. The number of rotatable bonds is 3. The molecule has 1 N–H and O–H groups in total. The maximum Gasteiger partial charge on any atom is 0.272 e. The molecule has 110 valence electrons. The topological polar surface area (TPSA) is 55.1 Å². The number of hydrogen-bond acceptors (Lipinski definition) is 3. The molecule has 0 radical (unpaired) electrons. The van der Waals surface area contributed by atoms with E-state index in [1.54, 1.807) is 6.07 Å². The van der Waals surface area contributed by atoms with Crippen LogP contribution >= 0.6 is 0 Å². The highest BCUT2D eigenvalue weighted by atomic mass is 16.3. The first-order valence-electron chi connectivity index (χ1n) is 7.57. The molecule has 0 unspecified atom stereocenters. The van der Waals surface area contributed by atoms with E-state index >= 15 is 0 Å². The van der Waals surface area contributed by atoms with E-state index in [-0.39, 0.29) is 12.2 Å². The van der Waals surface area contributed by atoms with Gasteiger partial charge in [-0.25, -0.2) is 4.68 Å². The normalized spacial score (nSPS) is 14.0. The fraction of sp³-hybridized carbons (Fsp3) is 0.412. The van der Waals surface area contributed by atoms with E-state index in [0.29, 0.717) is 12.1 Å². The lowest BCUT2D eigenvalue weighted by molar-refractivity contribution is 0.278. The Bertz CT molecular complexity index is 691. The first-order valence-corrected chi connectivity index (χ1v) is 7.57. The van der Waals surface area contributed by atoms with Crippen molar-refractivity contribution in [1.82, 2.24) is 9.78 Å². The highest BCUT2D eigenvalue weighted by Crippen LogP contribution is 2.26. The Morgan fingerprint density at radius 1 is 1.19 bits per heavy atom. The molecule has 2 aromatic rings. The van der Waals surface area contributed by atoms with Crippen molar-refractivity contribution in [2.24, 2.45) is 0 Å². The van der Waals surface area contributed by atoms with Crippen molar-refractivity contribution < 1.29 is 5.11 Å². The number of benzene rings is 1. The quantitative estimate of drug-likeness (QED) is 0.941. The Labute approximate surface area is 124 Å². The molecule has 1 aromatic heterocycles. The number of aromatic nitrogens is 2. The van der Waals surface area contributed by atoms with E-state index < -0.39 is 0 Å². The van der Waals surface area contributed by atoms with E-state index in [9.17, 15) is 9.90 Å². The number of fused-ring (bicyclic) bond motifs is 1. The smallest absolute Gasteiger partial charge is 0.272 e. The van der Waals surface area contributed by atoms with Gasteiger partial charge in [-0.1, -0.05) is 12.1 Å². The third-order valence-electron chi connectivity index (χ3n) is 4.16. The zero-order chi connectivity index (χ0) is 14.8. The Kier molecular flexibility index (Phi) is 3.88. The molecule has 0 aliphatic heterocycles. The molecular weight excluding hydrogens is 264 g/mol. The molecule has 1 aliphatic rings. The molecule has 0 bridgehead atoms. The highest BCUT2D eigenvalue weighted by Gasteiger charge is 2.13. The lowest BCUT2D eigenvalue weighted by Gasteiger charge is -2.17. The predicted octanol–water partition coefficient (Wildman–Crippen LogP) is 2.30. The maximum atomic E-state index is 12.0. The standard InChI is InChI=1S/C17H20N2O2/c1-2-19-17(21)15(11-20)10-16(18-19)14-8-7-12-5-3-4-6-13(12)9-14/h7-10,20H,2-6,11H2,1H3. The number of hydrogen-bond donors (Lipinski definition) is 1. The highest BCUT2D eigenvalue weighted by molar-refractivity contribution is 5.61. The van der Waals surface area contributed by atoms with Crippen molar-refractivity contribution in [1.29, 1.82) is 0 Å². The average molecular weight is 284 g/mol. The molecule has 0 amide bonds. The molecule has 1 heterocycles. The number of aryl methyl sites for hydroxylation is 3. The second kappa shape index (κ2) is 5.82. The minimum Gasteiger partial charge on any atom is -0.391 e. The summed E-state index contributed by atoms with van der Waals surface area (Å²) in [6.45, 7) is 2.14. The van der Waals surface area contributed by atoms with Crippen molar-refractivity contribution in [3.63, 3.8) is 0 Å². The largest absolute Gasteiger partial charge is 0.391 e. The van der Waals surface area contributed by atoms with Gasteiger partial charge in [0.1, 0.15) is 0 Å². The molecule has 4 nitrogen and oxygen atoms in total. The van der Waals surface area contributed by atoms with Crippen molar-refractivity contribution >= 4 is 0 Å². The first-order chi connectivity index (χ1) is 10.2. The Balaban J connectivity index is 2.09. The van der Waals surface area contributed by atoms with Gasteiger partial charge >= 0.3 is 0 Å². The summed E-state index contributed by atoms with van der Waals surface area (Å²) in [5.74, 6) is 0. The van der Waals surface area contributed by atoms with Gasteiger partial charge in [-0.3, -0.25) is 4.79 Å². The minimum absolute atomic E-state index is 0.207. The van der Waals surface area contributed by atoms with Gasteiger partial charge in [-0.15, -0.1) is 0 Å². The molecule has 0 saturated heterocycles. The predicted molar refractivity (Wildman–Crippen MR) is 82.2 cm³/mol. The number of nitrogens with zero attached hydrogens (tertiary/aromatic N) is 2. The molecule has 0 fully saturated rings. The lowest BCUT2D eigenvalue weighted by Crippen LogP contribution is -2.26. The molecule has 4 heteroatoms. The van der Waals surface area contributed by atoms with E-state index in [1.165, 1.54) is 28.7 Å². The van der Waals surface area contributed by atoms with Gasteiger partial charge in [0.2, 0.25) is 0 Å². The third-order valence-corrected chi connectivity index (χ3v) is 4.16. The average Bonchev–Trinajstić information content (AvgIpc) is 2.54. The van der Waals surface area contributed by atoms with Crippen LogP contribution in [0.5, 0.6) is 0 Å². The Morgan fingerprint density at radius 3 is 2.67 bits per heavy atom. The van der Waals surface area contributed by atoms with Gasteiger partial charge in [-0.05, 0) is 55.9 Å². The van der Waals surface area contributed by atoms with Gasteiger partial charge < -0.3 is 5.11 Å². The zero-order valence-corrected chi connectivity index (χ0v) is 12.3. The van der Waals surface area contributed by atoms with Crippen LogP contribution in [0.2, 0.25) is 0 Å². The molecule has 0 saturated carbocycles. The molecule has 21 heavy (non-hydrogen) atoms. The van der Waals surface area contributed by atoms with Gasteiger partial charge in [-0.2, -0.15) is 5.10 Å². The van der Waals surface area contributed by atoms with Crippen LogP contribution in [0, 0.1) is 0 Å². The van der Waals surface area contributed by atoms with Crippen LogP contribution in [0.1, 0.15) is 36.5 Å². The van der Waals surface area contributed by atoms with E-state index in [2.05, 4.69) is 23.3 Å². The fourth-order valence-electron chi connectivity index (χ4n) is 2.96. The van der Waals surface area contributed by atoms with Crippen molar-refractivity contribution in [2.45, 2.75) is 45.8 Å². The zero-order valence-electron chi connectivity index (χ0n) is 12.3. The molecule has 0 atom stereocenters. The van der Waals surface area contributed by atoms with Crippen LogP contribution in [0.4, 0.5) is 0 Å². The minimum atomic E-state index is -0.251. The second-order valence-electron chi connectivity index (χ2n) is 5.52. The summed E-state index contributed by atoms with van der Waals surface area (Å²) in [6, 6.07) is 8.13. The first kappa shape index (κ1) is 14.0. The summed E-state index contributed by atoms with van der Waals surface area (Å²) in [4.78, 5) is 12.0. The van der Waals surface area contributed by atoms with Crippen LogP contribution in [0.15, 0.2) is 29.1 Å². The van der Waals surface area contributed by atoms with E-state index in [1.807, 2.05) is 6.92 Å². The van der Waals surface area contributed by atoms with Crippen molar-refractivity contribution in [3.05, 3.63) is 51.3 Å². The van der Waals surface area contributed by atoms with Gasteiger partial charge in [0.25, 0.3) is 5.56 Å². The summed E-state index contributed by atoms with van der Waals surface area (Å²) in [5.41, 5.74) is 4.79. The van der Waals surface area contributed by atoms with Crippen LogP contribution in [0.3, 0.4) is 0 Å². The van der Waals surface area contributed by atoms with Crippen LogP contribution in [0.25, 0.3) is 11.3 Å². The summed E-state index contributed by atoms with van der Waals surface area (Å²) >= 11 is 0. The van der Waals surface area contributed by atoms with Gasteiger partial charge in [0.15, 0.2) is 0 Å². The van der Waals surface area contributed by atoms with Crippen molar-refractivity contribution in [2.75, 3.05) is 0 Å². The SMILES string of the molecule is CCn1nc(-c2ccc3c(c2)CCCC3)cc(CO)c1=O. The molecular formula is C17H20N2O2. The Hall–Kier alpha value is -1.94. The van der Waals surface area contributed by atoms with Crippen LogP contribution in [-0.2, 0) is 26.0 Å². The summed E-state index contributed by atoms with van der Waals surface area (Å²) in [6.07, 6.45) is 4.77. The van der Waals surface area contributed by atoms with E-state index in [0.717, 1.165) is 24.1 Å². The summed E-state index contributed by atoms with van der Waals surface area (Å²) < 4.78 is 1.42. The summed E-state index contributed by atoms with van der Waals surface area (Å²) in [5, 5.41) is 13.8.